The number of hydrogen-bond donors (Lipinski definition) is 2. The molecule has 0 saturated carbocycles. The van der Waals surface area contributed by atoms with Crippen LogP contribution in [0.2, 0.25) is 0 Å². The lowest BCUT2D eigenvalue weighted by molar-refractivity contribution is -0.123. The Morgan fingerprint density at radius 1 is 1.53 bits per heavy atom. The molecule has 0 saturated heterocycles. The van der Waals surface area contributed by atoms with E-state index in [4.69, 9.17) is 10.5 Å². The van der Waals surface area contributed by atoms with E-state index in [0.29, 0.717) is 13.0 Å². The molecule has 6 heteroatoms. The van der Waals surface area contributed by atoms with E-state index in [1.165, 1.54) is 0 Å². The Labute approximate surface area is 118 Å². The van der Waals surface area contributed by atoms with E-state index in [-0.39, 0.29) is 11.9 Å². The molecule has 0 fully saturated rings. The van der Waals surface area contributed by atoms with Gasteiger partial charge < -0.3 is 15.8 Å². The average Bonchev–Trinajstić information content (AvgIpc) is 2.68. The number of carbonyl (C=O) groups is 1. The van der Waals surface area contributed by atoms with Crippen LogP contribution in [-0.4, -0.2) is 30.6 Å². The van der Waals surface area contributed by atoms with Gasteiger partial charge in [0.25, 0.3) is 0 Å². The first-order valence-corrected chi connectivity index (χ1v) is 7.26. The van der Waals surface area contributed by atoms with Gasteiger partial charge in [-0.3, -0.25) is 4.79 Å². The summed E-state index contributed by atoms with van der Waals surface area (Å²) in [5.74, 6) is -0.117. The van der Waals surface area contributed by atoms with Crippen molar-refractivity contribution in [3.05, 3.63) is 15.6 Å². The zero-order valence-electron chi connectivity index (χ0n) is 12.0. The third-order valence-corrected chi connectivity index (χ3v) is 4.15. The molecule has 0 aliphatic rings. The summed E-state index contributed by atoms with van der Waals surface area (Å²) in [6.45, 7) is 6.51. The Morgan fingerprint density at radius 2 is 2.21 bits per heavy atom. The zero-order chi connectivity index (χ0) is 14.4. The highest BCUT2D eigenvalue weighted by atomic mass is 32.1. The van der Waals surface area contributed by atoms with E-state index >= 15 is 0 Å². The second-order valence-electron chi connectivity index (χ2n) is 4.65. The van der Waals surface area contributed by atoms with Gasteiger partial charge in [0.05, 0.1) is 22.8 Å². The Hall–Kier alpha value is -0.980. The molecule has 1 aromatic rings. The fourth-order valence-corrected chi connectivity index (χ4v) is 2.84. The molecule has 1 heterocycles. The molecule has 19 heavy (non-hydrogen) atoms. The maximum atomic E-state index is 11.9. The number of rotatable bonds is 7. The van der Waals surface area contributed by atoms with E-state index in [1.807, 2.05) is 20.8 Å². The van der Waals surface area contributed by atoms with Crippen molar-refractivity contribution in [2.45, 2.75) is 45.7 Å². The smallest absolute Gasteiger partial charge is 0.237 e. The minimum absolute atomic E-state index is 0.0489. The molecule has 2 unspecified atom stereocenters. The molecule has 0 aliphatic carbocycles. The minimum atomic E-state index is -0.480. The number of methoxy groups -OCH3 is 1. The lowest BCUT2D eigenvalue weighted by Crippen LogP contribution is -2.41. The van der Waals surface area contributed by atoms with Crippen LogP contribution < -0.4 is 11.1 Å². The summed E-state index contributed by atoms with van der Waals surface area (Å²) in [4.78, 5) is 17.4. The molecule has 1 amide bonds. The third-order valence-electron chi connectivity index (χ3n) is 2.89. The van der Waals surface area contributed by atoms with Gasteiger partial charge in [0.1, 0.15) is 0 Å². The first-order valence-electron chi connectivity index (χ1n) is 6.44. The van der Waals surface area contributed by atoms with E-state index in [2.05, 4.69) is 10.3 Å². The van der Waals surface area contributed by atoms with Gasteiger partial charge in [0.2, 0.25) is 5.91 Å². The highest BCUT2D eigenvalue weighted by Gasteiger charge is 2.19. The molecule has 3 N–H and O–H groups in total. The first-order chi connectivity index (χ1) is 8.95. The van der Waals surface area contributed by atoms with Gasteiger partial charge in [-0.25, -0.2) is 4.98 Å². The molecular weight excluding hydrogens is 262 g/mol. The summed E-state index contributed by atoms with van der Waals surface area (Å²) in [6, 6.07) is -0.529. The number of ether oxygens (including phenoxy) is 1. The van der Waals surface area contributed by atoms with Gasteiger partial charge in [-0.2, -0.15) is 0 Å². The summed E-state index contributed by atoms with van der Waals surface area (Å²) >= 11 is 1.61. The first kappa shape index (κ1) is 16.1. The summed E-state index contributed by atoms with van der Waals surface area (Å²) in [6.07, 6.45) is 1.42. The molecule has 5 nitrogen and oxygen atoms in total. The van der Waals surface area contributed by atoms with Crippen molar-refractivity contribution in [1.82, 2.24) is 10.3 Å². The molecule has 0 spiro atoms. The minimum Gasteiger partial charge on any atom is -0.385 e. The number of amides is 1. The van der Waals surface area contributed by atoms with Crippen molar-refractivity contribution in [2.75, 3.05) is 13.7 Å². The molecule has 0 aliphatic heterocycles. The normalized spacial score (nSPS) is 14.2. The van der Waals surface area contributed by atoms with Crippen LogP contribution in [0.25, 0.3) is 0 Å². The van der Waals surface area contributed by atoms with Crippen molar-refractivity contribution in [1.29, 1.82) is 0 Å². The predicted octanol–water partition coefficient (Wildman–Crippen LogP) is 1.69. The van der Waals surface area contributed by atoms with Gasteiger partial charge in [0, 0.05) is 18.6 Å². The number of aromatic nitrogens is 1. The fraction of sp³-hybridized carbons (Fsp3) is 0.692. The van der Waals surface area contributed by atoms with Crippen LogP contribution in [0.3, 0.4) is 0 Å². The molecule has 0 radical (unpaired) electrons. The van der Waals surface area contributed by atoms with Crippen LogP contribution in [0.15, 0.2) is 0 Å². The number of carbonyl (C=O) groups excluding carboxylic acids is 1. The lowest BCUT2D eigenvalue weighted by atomic mass is 10.1. The summed E-state index contributed by atoms with van der Waals surface area (Å²) in [7, 11) is 1.64. The van der Waals surface area contributed by atoms with E-state index in [0.717, 1.165) is 22.0 Å². The van der Waals surface area contributed by atoms with Crippen LogP contribution in [0, 0.1) is 13.8 Å². The largest absolute Gasteiger partial charge is 0.385 e. The molecule has 108 valence electrons. The fourth-order valence-electron chi connectivity index (χ4n) is 1.91. The Bertz CT molecular complexity index is 420. The van der Waals surface area contributed by atoms with Crippen LogP contribution in [0.1, 0.15) is 41.4 Å². The van der Waals surface area contributed by atoms with Gasteiger partial charge in [-0.15, -0.1) is 11.3 Å². The highest BCUT2D eigenvalue weighted by Crippen LogP contribution is 2.24. The molecule has 0 bridgehead atoms. The van der Waals surface area contributed by atoms with Crippen molar-refractivity contribution in [3.8, 4) is 0 Å². The standard InChI is InChI=1S/C13H23N3O2S/c1-8-12(19-10(3)15-8)9(2)16-13(17)11(14)6-5-7-18-4/h9,11H,5-7,14H2,1-4H3,(H,16,17). The van der Waals surface area contributed by atoms with Gasteiger partial charge in [-0.1, -0.05) is 0 Å². The topological polar surface area (TPSA) is 77.2 Å². The van der Waals surface area contributed by atoms with Crippen LogP contribution in [-0.2, 0) is 9.53 Å². The Kier molecular flexibility index (Phi) is 6.41. The number of thiazole rings is 1. The van der Waals surface area contributed by atoms with E-state index < -0.39 is 6.04 Å². The number of aryl methyl sites for hydroxylation is 2. The SMILES string of the molecule is COCCCC(N)C(=O)NC(C)c1sc(C)nc1C. The summed E-state index contributed by atoms with van der Waals surface area (Å²) in [5, 5.41) is 3.95. The van der Waals surface area contributed by atoms with E-state index in [1.54, 1.807) is 18.4 Å². The lowest BCUT2D eigenvalue weighted by Gasteiger charge is -2.17. The average molecular weight is 285 g/mol. The predicted molar refractivity (Wildman–Crippen MR) is 77.2 cm³/mol. The van der Waals surface area contributed by atoms with Gasteiger partial charge in [-0.05, 0) is 33.6 Å². The van der Waals surface area contributed by atoms with Gasteiger partial charge >= 0.3 is 0 Å². The summed E-state index contributed by atoms with van der Waals surface area (Å²) in [5.41, 5.74) is 6.82. The molecule has 2 atom stereocenters. The second kappa shape index (κ2) is 7.57. The quantitative estimate of drug-likeness (QED) is 0.747. The van der Waals surface area contributed by atoms with Crippen LogP contribution in [0.5, 0.6) is 0 Å². The maximum Gasteiger partial charge on any atom is 0.237 e. The van der Waals surface area contributed by atoms with E-state index in [9.17, 15) is 4.79 Å². The molecular formula is C13H23N3O2S. The molecule has 1 rings (SSSR count). The number of nitrogens with two attached hydrogens (primary N) is 1. The zero-order valence-corrected chi connectivity index (χ0v) is 12.8. The van der Waals surface area contributed by atoms with Crippen molar-refractivity contribution in [2.24, 2.45) is 5.73 Å². The van der Waals surface area contributed by atoms with Crippen molar-refractivity contribution < 1.29 is 9.53 Å². The molecule has 1 aromatic heterocycles. The van der Waals surface area contributed by atoms with Crippen LogP contribution in [0.4, 0.5) is 0 Å². The van der Waals surface area contributed by atoms with Crippen molar-refractivity contribution in [3.63, 3.8) is 0 Å². The highest BCUT2D eigenvalue weighted by molar-refractivity contribution is 7.11. The Balaban J connectivity index is 2.49. The monoisotopic (exact) mass is 285 g/mol. The summed E-state index contributed by atoms with van der Waals surface area (Å²) < 4.78 is 4.95. The van der Waals surface area contributed by atoms with Crippen LogP contribution >= 0.6 is 11.3 Å². The Morgan fingerprint density at radius 3 is 2.74 bits per heavy atom. The number of nitrogens with one attached hydrogen (secondary N) is 1. The number of nitrogens with zero attached hydrogens (tertiary/aromatic N) is 1. The third kappa shape index (κ3) is 4.89. The second-order valence-corrected chi connectivity index (χ2v) is 5.89. The maximum absolute atomic E-state index is 11.9. The van der Waals surface area contributed by atoms with Crippen molar-refractivity contribution >= 4 is 17.2 Å². The molecule has 0 aromatic carbocycles. The number of hydrogen-bond acceptors (Lipinski definition) is 5. The van der Waals surface area contributed by atoms with Gasteiger partial charge in [0.15, 0.2) is 0 Å².